The molecule has 4 aliphatic carbocycles. The molecule has 0 spiro atoms. The first-order valence-electron chi connectivity index (χ1n) is 7.52. The molecule has 0 radical (unpaired) electrons. The smallest absolute Gasteiger partial charge is 0.338 e. The van der Waals surface area contributed by atoms with Crippen molar-refractivity contribution < 1.29 is 14.3 Å². The molecule has 1 heterocycles. The second-order valence-electron chi connectivity index (χ2n) is 6.84. The van der Waals surface area contributed by atoms with Crippen LogP contribution in [0.2, 0.25) is 0 Å². The Morgan fingerprint density at radius 1 is 1.00 bits per heavy atom. The van der Waals surface area contributed by atoms with Gasteiger partial charge in [0.25, 0.3) is 0 Å². The molecule has 3 heteroatoms. The Labute approximate surface area is 114 Å². The SMILES string of the molecule is CCC12CC3CC(CC(C3)C1)C2.O=C1C=CC(=O)O1. The fourth-order valence-electron chi connectivity index (χ4n) is 5.03. The van der Waals surface area contributed by atoms with Crippen LogP contribution in [0.25, 0.3) is 0 Å². The van der Waals surface area contributed by atoms with Gasteiger partial charge in [0.1, 0.15) is 0 Å². The average Bonchev–Trinajstić information content (AvgIpc) is 2.72. The molecule has 5 rings (SSSR count). The van der Waals surface area contributed by atoms with E-state index in [1.807, 2.05) is 0 Å². The number of rotatable bonds is 1. The third-order valence-electron chi connectivity index (χ3n) is 5.47. The highest BCUT2D eigenvalue weighted by atomic mass is 16.6. The first-order valence-corrected chi connectivity index (χ1v) is 7.52. The largest absolute Gasteiger partial charge is 0.387 e. The predicted molar refractivity (Wildman–Crippen MR) is 71.1 cm³/mol. The van der Waals surface area contributed by atoms with Gasteiger partial charge in [-0.15, -0.1) is 0 Å². The van der Waals surface area contributed by atoms with Crippen LogP contribution >= 0.6 is 0 Å². The van der Waals surface area contributed by atoms with Crippen molar-refractivity contribution >= 4 is 11.9 Å². The van der Waals surface area contributed by atoms with Crippen LogP contribution in [0.4, 0.5) is 0 Å². The van der Waals surface area contributed by atoms with E-state index >= 15 is 0 Å². The Morgan fingerprint density at radius 3 is 1.68 bits per heavy atom. The lowest BCUT2D eigenvalue weighted by Gasteiger charge is -2.56. The molecule has 4 fully saturated rings. The molecular formula is C16H22O3. The molecule has 5 aliphatic rings. The predicted octanol–water partition coefficient (Wildman–Crippen LogP) is 3.24. The maximum absolute atomic E-state index is 9.92. The van der Waals surface area contributed by atoms with Crippen LogP contribution in [0.3, 0.4) is 0 Å². The van der Waals surface area contributed by atoms with E-state index in [2.05, 4.69) is 11.7 Å². The van der Waals surface area contributed by atoms with Crippen LogP contribution < -0.4 is 0 Å². The first kappa shape index (κ1) is 12.9. The summed E-state index contributed by atoms with van der Waals surface area (Å²) in [5.41, 5.74) is 0.842. The van der Waals surface area contributed by atoms with E-state index in [0.717, 1.165) is 35.3 Å². The highest BCUT2D eigenvalue weighted by molar-refractivity contribution is 6.04. The molecule has 0 N–H and O–H groups in total. The van der Waals surface area contributed by atoms with Crippen molar-refractivity contribution in [1.29, 1.82) is 0 Å². The lowest BCUT2D eigenvalue weighted by atomic mass is 9.49. The zero-order valence-corrected chi connectivity index (χ0v) is 11.6. The third-order valence-corrected chi connectivity index (χ3v) is 5.47. The zero-order chi connectivity index (χ0) is 13.5. The molecule has 0 aromatic carbocycles. The van der Waals surface area contributed by atoms with Gasteiger partial charge in [0, 0.05) is 12.2 Å². The molecule has 0 atom stereocenters. The van der Waals surface area contributed by atoms with Gasteiger partial charge in [-0.05, 0) is 61.7 Å². The van der Waals surface area contributed by atoms with Gasteiger partial charge in [-0.25, -0.2) is 9.59 Å². The summed E-state index contributed by atoms with van der Waals surface area (Å²) in [6, 6.07) is 0. The standard InChI is InChI=1S/C12H20.C4H2O3/c1-2-12-6-9-3-10(7-12)5-11(4-9)8-12;5-3-1-2-4(6)7-3/h9-11H,2-8H2,1H3;1-2H. The lowest BCUT2D eigenvalue weighted by molar-refractivity contribution is -0.150. The maximum atomic E-state index is 9.92. The summed E-state index contributed by atoms with van der Waals surface area (Å²) < 4.78 is 3.97. The van der Waals surface area contributed by atoms with Gasteiger partial charge in [0.15, 0.2) is 0 Å². The van der Waals surface area contributed by atoms with E-state index in [9.17, 15) is 9.59 Å². The second kappa shape index (κ2) is 4.77. The molecule has 0 amide bonds. The quantitative estimate of drug-likeness (QED) is 0.538. The van der Waals surface area contributed by atoms with Crippen molar-refractivity contribution in [1.82, 2.24) is 0 Å². The number of ether oxygens (including phenoxy) is 1. The Bertz CT molecular complexity index is 370. The molecule has 0 saturated heterocycles. The topological polar surface area (TPSA) is 43.4 Å². The van der Waals surface area contributed by atoms with Crippen molar-refractivity contribution in [2.45, 2.75) is 51.9 Å². The van der Waals surface area contributed by atoms with E-state index in [4.69, 9.17) is 0 Å². The summed E-state index contributed by atoms with van der Waals surface area (Å²) in [6.45, 7) is 2.42. The Kier molecular flexibility index (Phi) is 3.23. The average molecular weight is 262 g/mol. The van der Waals surface area contributed by atoms with Crippen LogP contribution in [0.15, 0.2) is 12.2 Å². The summed E-state index contributed by atoms with van der Waals surface area (Å²) in [5, 5.41) is 0. The molecule has 3 nitrogen and oxygen atoms in total. The van der Waals surface area contributed by atoms with Gasteiger partial charge in [-0.3, -0.25) is 0 Å². The first-order chi connectivity index (χ1) is 9.08. The van der Waals surface area contributed by atoms with Gasteiger partial charge in [0.2, 0.25) is 0 Å². The van der Waals surface area contributed by atoms with Gasteiger partial charge >= 0.3 is 11.9 Å². The Hall–Kier alpha value is -1.12. The molecule has 104 valence electrons. The molecule has 0 aromatic heterocycles. The van der Waals surface area contributed by atoms with Gasteiger partial charge in [-0.1, -0.05) is 13.3 Å². The van der Waals surface area contributed by atoms with Gasteiger partial charge < -0.3 is 4.74 Å². The van der Waals surface area contributed by atoms with Crippen LogP contribution in [-0.4, -0.2) is 11.9 Å². The lowest BCUT2D eigenvalue weighted by Crippen LogP contribution is -2.45. The Balaban J connectivity index is 0.000000136. The summed E-state index contributed by atoms with van der Waals surface area (Å²) in [7, 11) is 0. The van der Waals surface area contributed by atoms with E-state index in [1.54, 1.807) is 38.5 Å². The van der Waals surface area contributed by atoms with Gasteiger partial charge in [-0.2, -0.15) is 0 Å². The van der Waals surface area contributed by atoms with E-state index in [-0.39, 0.29) is 0 Å². The third kappa shape index (κ3) is 2.60. The zero-order valence-electron chi connectivity index (χ0n) is 11.6. The molecule has 4 saturated carbocycles. The fraction of sp³-hybridized carbons (Fsp3) is 0.750. The number of cyclic esters (lactones) is 2. The highest BCUT2D eigenvalue weighted by Crippen LogP contribution is 2.61. The van der Waals surface area contributed by atoms with Crippen molar-refractivity contribution in [3.8, 4) is 0 Å². The van der Waals surface area contributed by atoms with Crippen LogP contribution in [0.5, 0.6) is 0 Å². The van der Waals surface area contributed by atoms with Gasteiger partial charge in [0.05, 0.1) is 0 Å². The summed E-state index contributed by atoms with van der Waals surface area (Å²) in [5.74, 6) is 2.29. The van der Waals surface area contributed by atoms with E-state index in [0.29, 0.717) is 0 Å². The highest BCUT2D eigenvalue weighted by Gasteiger charge is 2.49. The molecule has 0 unspecified atom stereocenters. The minimum Gasteiger partial charge on any atom is -0.387 e. The number of esters is 2. The van der Waals surface area contributed by atoms with Crippen molar-refractivity contribution in [3.63, 3.8) is 0 Å². The van der Waals surface area contributed by atoms with E-state index < -0.39 is 11.9 Å². The molecule has 19 heavy (non-hydrogen) atoms. The Morgan fingerprint density at radius 2 is 1.42 bits per heavy atom. The molecule has 4 bridgehead atoms. The number of carbonyl (C=O) groups is 2. The normalized spacial score (nSPS) is 42.1. The van der Waals surface area contributed by atoms with Crippen molar-refractivity contribution in [2.75, 3.05) is 0 Å². The van der Waals surface area contributed by atoms with Crippen LogP contribution in [0.1, 0.15) is 51.9 Å². The van der Waals surface area contributed by atoms with Crippen molar-refractivity contribution in [3.05, 3.63) is 12.2 Å². The second-order valence-corrected chi connectivity index (χ2v) is 6.84. The summed E-state index contributed by atoms with van der Waals surface area (Å²) >= 11 is 0. The number of hydrogen-bond donors (Lipinski definition) is 0. The minimum absolute atomic E-state index is 0.579. The van der Waals surface area contributed by atoms with E-state index in [1.165, 1.54) is 6.42 Å². The number of hydrogen-bond acceptors (Lipinski definition) is 3. The monoisotopic (exact) mass is 262 g/mol. The van der Waals surface area contributed by atoms with Crippen LogP contribution in [-0.2, 0) is 14.3 Å². The van der Waals surface area contributed by atoms with Crippen LogP contribution in [0, 0.1) is 23.2 Å². The fourth-order valence-corrected chi connectivity index (χ4v) is 5.03. The maximum Gasteiger partial charge on any atom is 0.338 e. The van der Waals surface area contributed by atoms with Crippen molar-refractivity contribution in [2.24, 2.45) is 23.2 Å². The summed E-state index contributed by atoms with van der Waals surface area (Å²) in [4.78, 5) is 19.8. The number of carbonyl (C=O) groups excluding carboxylic acids is 2. The molecule has 1 aliphatic heterocycles. The molecule has 0 aromatic rings. The minimum atomic E-state index is -0.579. The summed E-state index contributed by atoms with van der Waals surface area (Å²) in [6.07, 6.45) is 13.2. The molecular weight excluding hydrogens is 240 g/mol.